The second kappa shape index (κ2) is 4.72. The number of carbonyl (C=O) groups excluding carboxylic acids is 1. The van der Waals surface area contributed by atoms with Crippen molar-refractivity contribution in [3.63, 3.8) is 0 Å². The van der Waals surface area contributed by atoms with E-state index in [9.17, 15) is 4.79 Å². The predicted octanol–water partition coefficient (Wildman–Crippen LogP) is 3.69. The Kier molecular flexibility index (Phi) is 3.12. The van der Waals surface area contributed by atoms with Crippen molar-refractivity contribution in [1.29, 1.82) is 0 Å². The van der Waals surface area contributed by atoms with E-state index >= 15 is 0 Å². The molecule has 0 unspecified atom stereocenters. The molecule has 1 aliphatic heterocycles. The van der Waals surface area contributed by atoms with E-state index in [0.717, 1.165) is 17.9 Å². The number of hydrogen-bond acceptors (Lipinski definition) is 3. The van der Waals surface area contributed by atoms with Crippen molar-refractivity contribution in [2.45, 2.75) is 45.7 Å². The van der Waals surface area contributed by atoms with Gasteiger partial charge in [0, 0.05) is 0 Å². The summed E-state index contributed by atoms with van der Waals surface area (Å²) >= 11 is 0. The van der Waals surface area contributed by atoms with Crippen LogP contribution in [-0.4, -0.2) is 15.6 Å². The number of Topliss-reactive ketones (excluding diaryl/α,β-unsaturated/α-hetero) is 1. The highest BCUT2D eigenvalue weighted by Gasteiger charge is 2.37. The Labute approximate surface area is 125 Å². The largest absolute Gasteiger partial charge is 0.363 e. The van der Waals surface area contributed by atoms with Gasteiger partial charge < -0.3 is 5.32 Å². The van der Waals surface area contributed by atoms with Crippen LogP contribution in [0.2, 0.25) is 0 Å². The fourth-order valence-corrected chi connectivity index (χ4v) is 3.21. The molecule has 0 saturated heterocycles. The van der Waals surface area contributed by atoms with Gasteiger partial charge in [-0.15, -0.1) is 0 Å². The molecule has 110 valence electrons. The normalized spacial score (nSPS) is 19.7. The summed E-state index contributed by atoms with van der Waals surface area (Å²) in [6.07, 6.45) is 0.933. The first-order chi connectivity index (χ1) is 9.90. The van der Waals surface area contributed by atoms with Crippen LogP contribution in [0.25, 0.3) is 0 Å². The van der Waals surface area contributed by atoms with E-state index in [2.05, 4.69) is 36.4 Å². The number of fused-ring (bicyclic) bond motifs is 1. The highest BCUT2D eigenvalue weighted by Crippen LogP contribution is 2.40. The molecule has 0 radical (unpaired) electrons. The van der Waals surface area contributed by atoms with Gasteiger partial charge in [0.2, 0.25) is 0 Å². The maximum absolute atomic E-state index is 12.0. The smallest absolute Gasteiger partial charge is 0.165 e. The zero-order chi connectivity index (χ0) is 15.2. The first-order valence-corrected chi connectivity index (χ1v) is 7.32. The highest BCUT2D eigenvalue weighted by molar-refractivity contribution is 6.00. The number of nitrogens with one attached hydrogen (secondary N) is 1. The Morgan fingerprint density at radius 3 is 2.62 bits per heavy atom. The molecule has 1 aromatic heterocycles. The minimum atomic E-state index is -0.125. The van der Waals surface area contributed by atoms with Crippen LogP contribution in [0.5, 0.6) is 0 Å². The van der Waals surface area contributed by atoms with Crippen molar-refractivity contribution < 1.29 is 4.79 Å². The van der Waals surface area contributed by atoms with Gasteiger partial charge in [0.1, 0.15) is 5.82 Å². The minimum Gasteiger partial charge on any atom is -0.363 e. The Balaban J connectivity index is 2.10. The second-order valence-electron chi connectivity index (χ2n) is 6.40. The van der Waals surface area contributed by atoms with Gasteiger partial charge in [-0.2, -0.15) is 5.10 Å². The summed E-state index contributed by atoms with van der Waals surface area (Å²) < 4.78 is 1.97. The number of hydrogen-bond donors (Lipinski definition) is 1. The third kappa shape index (κ3) is 2.24. The van der Waals surface area contributed by atoms with Crippen LogP contribution < -0.4 is 5.32 Å². The summed E-state index contributed by atoms with van der Waals surface area (Å²) in [6.45, 7) is 7.84. The highest BCUT2D eigenvalue weighted by atomic mass is 16.1. The average molecular weight is 283 g/mol. The van der Waals surface area contributed by atoms with Gasteiger partial charge >= 0.3 is 0 Å². The monoisotopic (exact) mass is 283 g/mol. The second-order valence-corrected chi connectivity index (χ2v) is 6.40. The van der Waals surface area contributed by atoms with Crippen LogP contribution in [-0.2, 0) is 5.54 Å². The third-order valence-corrected chi connectivity index (χ3v) is 4.20. The number of aromatic nitrogens is 2. The van der Waals surface area contributed by atoms with Crippen molar-refractivity contribution in [3.8, 4) is 0 Å². The molecular weight excluding hydrogens is 262 g/mol. The summed E-state index contributed by atoms with van der Waals surface area (Å²) in [4.78, 5) is 12.0. The quantitative estimate of drug-likeness (QED) is 0.855. The van der Waals surface area contributed by atoms with Gasteiger partial charge in [-0.05, 0) is 39.7 Å². The van der Waals surface area contributed by atoms with Crippen molar-refractivity contribution in [2.24, 2.45) is 0 Å². The molecule has 3 rings (SSSR count). The zero-order valence-electron chi connectivity index (χ0n) is 13.0. The lowest BCUT2D eigenvalue weighted by Crippen LogP contribution is -2.38. The maximum atomic E-state index is 12.0. The van der Waals surface area contributed by atoms with Gasteiger partial charge in [0.05, 0.1) is 22.8 Å². The zero-order valence-corrected chi connectivity index (χ0v) is 13.0. The first-order valence-electron chi connectivity index (χ1n) is 7.32. The van der Waals surface area contributed by atoms with E-state index in [1.165, 1.54) is 5.56 Å². The molecule has 21 heavy (non-hydrogen) atoms. The van der Waals surface area contributed by atoms with Crippen LogP contribution in [0.4, 0.5) is 5.82 Å². The Bertz CT molecular complexity index is 686. The number of carbonyl (C=O) groups is 1. The van der Waals surface area contributed by atoms with E-state index in [0.29, 0.717) is 5.56 Å². The SMILES string of the molecule is CC(=O)c1c(C)nn2c1N[C@@H](c1ccccc1)CC2(C)C. The fourth-order valence-electron chi connectivity index (χ4n) is 3.21. The van der Waals surface area contributed by atoms with Crippen LogP contribution in [0.1, 0.15) is 54.8 Å². The molecule has 2 aromatic rings. The third-order valence-electron chi connectivity index (χ3n) is 4.20. The number of nitrogens with zero attached hydrogens (tertiary/aromatic N) is 2. The number of benzene rings is 1. The minimum absolute atomic E-state index is 0.0609. The fraction of sp³-hybridized carbons (Fsp3) is 0.412. The van der Waals surface area contributed by atoms with Gasteiger partial charge in [-0.25, -0.2) is 4.68 Å². The molecule has 2 heterocycles. The molecule has 4 nitrogen and oxygen atoms in total. The Hall–Kier alpha value is -2.10. The number of ketones is 1. The summed E-state index contributed by atoms with van der Waals surface area (Å²) in [5, 5.41) is 8.11. The molecule has 1 N–H and O–H groups in total. The molecule has 1 atom stereocenters. The lowest BCUT2D eigenvalue weighted by molar-refractivity contribution is 0.101. The number of aryl methyl sites for hydroxylation is 1. The van der Waals surface area contributed by atoms with Crippen LogP contribution in [0.3, 0.4) is 0 Å². The van der Waals surface area contributed by atoms with Crippen LogP contribution >= 0.6 is 0 Å². The molecule has 1 aromatic carbocycles. The Morgan fingerprint density at radius 1 is 1.33 bits per heavy atom. The van der Waals surface area contributed by atoms with Crippen molar-refractivity contribution >= 4 is 11.6 Å². The molecule has 0 amide bonds. The maximum Gasteiger partial charge on any atom is 0.165 e. The molecule has 0 spiro atoms. The van der Waals surface area contributed by atoms with Crippen LogP contribution in [0, 0.1) is 6.92 Å². The van der Waals surface area contributed by atoms with Crippen LogP contribution in [0.15, 0.2) is 30.3 Å². The number of anilines is 1. The molecule has 0 bridgehead atoms. The first kappa shape index (κ1) is 13.9. The summed E-state index contributed by atoms with van der Waals surface area (Å²) in [6, 6.07) is 10.6. The predicted molar refractivity (Wildman–Crippen MR) is 83.7 cm³/mol. The Morgan fingerprint density at radius 2 is 2.00 bits per heavy atom. The van der Waals surface area contributed by atoms with Gasteiger partial charge in [0.15, 0.2) is 5.78 Å². The van der Waals surface area contributed by atoms with Gasteiger partial charge in [0.25, 0.3) is 0 Å². The van der Waals surface area contributed by atoms with Gasteiger partial charge in [-0.3, -0.25) is 4.79 Å². The molecule has 1 aliphatic rings. The molecule has 0 aliphatic carbocycles. The standard InChI is InChI=1S/C17H21N3O/c1-11-15(12(2)21)16-18-14(13-8-6-5-7-9-13)10-17(3,4)20(16)19-11/h5-9,14,18H,10H2,1-4H3/t14-/m1/s1. The number of rotatable bonds is 2. The van der Waals surface area contributed by atoms with E-state index in [1.807, 2.05) is 29.8 Å². The average Bonchev–Trinajstić information content (AvgIpc) is 2.76. The molecular formula is C17H21N3O. The van der Waals surface area contributed by atoms with Crippen molar-refractivity contribution in [3.05, 3.63) is 47.2 Å². The molecule has 0 saturated carbocycles. The lowest BCUT2D eigenvalue weighted by atomic mass is 9.89. The summed E-state index contributed by atoms with van der Waals surface area (Å²) in [5.74, 6) is 0.913. The molecule has 0 fully saturated rings. The summed E-state index contributed by atoms with van der Waals surface area (Å²) in [7, 11) is 0. The molecule has 4 heteroatoms. The van der Waals surface area contributed by atoms with Gasteiger partial charge in [-0.1, -0.05) is 30.3 Å². The van der Waals surface area contributed by atoms with E-state index in [-0.39, 0.29) is 17.4 Å². The van der Waals surface area contributed by atoms with E-state index < -0.39 is 0 Å². The topological polar surface area (TPSA) is 46.9 Å². The summed E-state index contributed by atoms with van der Waals surface area (Å²) in [5.41, 5.74) is 2.63. The van der Waals surface area contributed by atoms with Crippen molar-refractivity contribution in [2.75, 3.05) is 5.32 Å². The van der Waals surface area contributed by atoms with E-state index in [4.69, 9.17) is 0 Å². The van der Waals surface area contributed by atoms with Crippen molar-refractivity contribution in [1.82, 2.24) is 9.78 Å². The lowest BCUT2D eigenvalue weighted by Gasteiger charge is -2.38. The van der Waals surface area contributed by atoms with E-state index in [1.54, 1.807) is 6.92 Å².